The number of Topliss-reactive ketones (excluding diaryl/α,β-unsaturated/α-hetero) is 1. The van der Waals surface area contributed by atoms with Crippen LogP contribution < -0.4 is 4.31 Å². The second-order valence-electron chi connectivity index (χ2n) is 6.61. The number of carbonyl (C=O) groups is 2. The van der Waals surface area contributed by atoms with Crippen molar-refractivity contribution in [3.63, 3.8) is 0 Å². The molecule has 2 aromatic rings. The van der Waals surface area contributed by atoms with Gasteiger partial charge in [0, 0.05) is 21.9 Å². The van der Waals surface area contributed by atoms with Crippen LogP contribution in [0.4, 0.5) is 5.69 Å². The molecule has 144 valence electrons. The third-order valence-electron chi connectivity index (χ3n) is 4.47. The molecule has 1 aromatic carbocycles. The van der Waals surface area contributed by atoms with Crippen LogP contribution in [0.2, 0.25) is 0 Å². The van der Waals surface area contributed by atoms with Crippen molar-refractivity contribution in [2.24, 2.45) is 0 Å². The van der Waals surface area contributed by atoms with Gasteiger partial charge in [-0.1, -0.05) is 0 Å². The first kappa shape index (κ1) is 19.6. The van der Waals surface area contributed by atoms with E-state index in [1.807, 2.05) is 13.8 Å². The fourth-order valence-electron chi connectivity index (χ4n) is 3.21. The van der Waals surface area contributed by atoms with E-state index in [2.05, 4.69) is 0 Å². The number of hydrogen-bond donors (Lipinski definition) is 0. The molecule has 27 heavy (non-hydrogen) atoms. The van der Waals surface area contributed by atoms with Crippen molar-refractivity contribution in [3.05, 3.63) is 50.7 Å². The molecule has 1 aliphatic rings. The molecule has 2 heterocycles. The van der Waals surface area contributed by atoms with E-state index in [0.29, 0.717) is 36.2 Å². The molecular weight excluding hydrogens is 386 g/mol. The van der Waals surface area contributed by atoms with Gasteiger partial charge in [0.25, 0.3) is 0 Å². The molecule has 0 atom stereocenters. The molecule has 6 nitrogen and oxygen atoms in total. The SMILES string of the molecule is Cc1cc(C(=O)OCC(=O)c2ccc3c(c2)CCCN3S(C)(=O)=O)c(C)s1. The number of ether oxygens (including phenoxy) is 1. The monoisotopic (exact) mass is 407 g/mol. The summed E-state index contributed by atoms with van der Waals surface area (Å²) in [6.07, 6.45) is 2.58. The average molecular weight is 408 g/mol. The Labute approximate surface area is 162 Å². The number of thiophene rings is 1. The van der Waals surface area contributed by atoms with Crippen molar-refractivity contribution < 1.29 is 22.7 Å². The molecule has 0 N–H and O–H groups in total. The lowest BCUT2D eigenvalue weighted by atomic mass is 9.99. The first-order chi connectivity index (χ1) is 12.7. The molecule has 3 rings (SSSR count). The van der Waals surface area contributed by atoms with Crippen LogP contribution in [0.3, 0.4) is 0 Å². The Kier molecular flexibility index (Phi) is 5.39. The molecule has 0 fully saturated rings. The lowest BCUT2D eigenvalue weighted by molar-refractivity contribution is 0.0474. The number of sulfonamides is 1. The van der Waals surface area contributed by atoms with Crippen LogP contribution in [0, 0.1) is 13.8 Å². The number of esters is 1. The highest BCUT2D eigenvalue weighted by Crippen LogP contribution is 2.30. The Bertz CT molecular complexity index is 1010. The topological polar surface area (TPSA) is 80.8 Å². The second-order valence-corrected chi connectivity index (χ2v) is 9.98. The van der Waals surface area contributed by atoms with Crippen LogP contribution in [-0.2, 0) is 21.2 Å². The van der Waals surface area contributed by atoms with Gasteiger partial charge in [-0.05, 0) is 56.5 Å². The van der Waals surface area contributed by atoms with Gasteiger partial charge in [-0.15, -0.1) is 11.3 Å². The summed E-state index contributed by atoms with van der Waals surface area (Å²) in [7, 11) is -3.35. The molecule has 0 bridgehead atoms. The maximum atomic E-state index is 12.4. The molecule has 1 aromatic heterocycles. The number of anilines is 1. The summed E-state index contributed by atoms with van der Waals surface area (Å²) >= 11 is 1.51. The van der Waals surface area contributed by atoms with Crippen molar-refractivity contribution in [3.8, 4) is 0 Å². The van der Waals surface area contributed by atoms with Crippen LogP contribution in [0.1, 0.15) is 42.5 Å². The minimum absolute atomic E-state index is 0.313. The van der Waals surface area contributed by atoms with E-state index in [1.165, 1.54) is 21.9 Å². The van der Waals surface area contributed by atoms with E-state index in [4.69, 9.17) is 4.74 Å². The fraction of sp³-hybridized carbons (Fsp3) is 0.368. The number of carbonyl (C=O) groups excluding carboxylic acids is 2. The standard InChI is InChI=1S/C19H21NO5S2/c1-12-9-16(13(2)26-12)19(22)25-11-18(21)15-6-7-17-14(10-15)5-4-8-20(17)27(3,23)24/h6-7,9-10H,4-5,8,11H2,1-3H3. The van der Waals surface area contributed by atoms with Gasteiger partial charge in [0.15, 0.2) is 12.4 Å². The Balaban J connectivity index is 1.73. The van der Waals surface area contributed by atoms with Crippen LogP contribution >= 0.6 is 11.3 Å². The van der Waals surface area contributed by atoms with E-state index in [-0.39, 0.29) is 12.4 Å². The third-order valence-corrected chi connectivity index (χ3v) is 6.62. The summed E-state index contributed by atoms with van der Waals surface area (Å²) in [5, 5.41) is 0. The maximum absolute atomic E-state index is 12.4. The summed E-state index contributed by atoms with van der Waals surface area (Å²) in [5.41, 5.74) is 2.32. The van der Waals surface area contributed by atoms with Crippen LogP contribution in [0.15, 0.2) is 24.3 Å². The van der Waals surface area contributed by atoms with E-state index in [9.17, 15) is 18.0 Å². The smallest absolute Gasteiger partial charge is 0.339 e. The van der Waals surface area contributed by atoms with Gasteiger partial charge in [0.2, 0.25) is 10.0 Å². The molecule has 0 saturated heterocycles. The van der Waals surface area contributed by atoms with Gasteiger partial charge in [0.05, 0.1) is 17.5 Å². The molecule has 1 aliphatic heterocycles. The van der Waals surface area contributed by atoms with Gasteiger partial charge in [-0.2, -0.15) is 0 Å². The first-order valence-electron chi connectivity index (χ1n) is 8.55. The number of aryl methyl sites for hydroxylation is 3. The lowest BCUT2D eigenvalue weighted by Crippen LogP contribution is -2.34. The number of nitrogens with zero attached hydrogens (tertiary/aromatic N) is 1. The van der Waals surface area contributed by atoms with Crippen LogP contribution in [-0.4, -0.2) is 39.6 Å². The molecule has 0 unspecified atom stereocenters. The minimum Gasteiger partial charge on any atom is -0.454 e. The zero-order valence-electron chi connectivity index (χ0n) is 15.4. The quantitative estimate of drug-likeness (QED) is 0.562. The highest BCUT2D eigenvalue weighted by atomic mass is 32.2. The minimum atomic E-state index is -3.35. The third kappa shape index (κ3) is 4.22. The van der Waals surface area contributed by atoms with Gasteiger partial charge >= 0.3 is 5.97 Å². The number of hydrogen-bond acceptors (Lipinski definition) is 6. The Morgan fingerprint density at radius 2 is 1.96 bits per heavy atom. The molecule has 0 aliphatic carbocycles. The van der Waals surface area contributed by atoms with E-state index in [1.54, 1.807) is 24.3 Å². The largest absolute Gasteiger partial charge is 0.454 e. The zero-order chi connectivity index (χ0) is 19.8. The molecule has 8 heteroatoms. The van der Waals surface area contributed by atoms with Gasteiger partial charge in [-0.25, -0.2) is 13.2 Å². The number of fused-ring (bicyclic) bond motifs is 1. The van der Waals surface area contributed by atoms with Gasteiger partial charge in [-0.3, -0.25) is 9.10 Å². The highest BCUT2D eigenvalue weighted by molar-refractivity contribution is 7.92. The van der Waals surface area contributed by atoms with Crippen molar-refractivity contribution in [2.75, 3.05) is 23.7 Å². The Morgan fingerprint density at radius 1 is 1.22 bits per heavy atom. The summed E-state index contributed by atoms with van der Waals surface area (Å²) in [6, 6.07) is 6.68. The molecule has 0 saturated carbocycles. The fourth-order valence-corrected chi connectivity index (χ4v) is 5.11. The highest BCUT2D eigenvalue weighted by Gasteiger charge is 2.25. The summed E-state index contributed by atoms with van der Waals surface area (Å²) in [6.45, 7) is 3.84. The summed E-state index contributed by atoms with van der Waals surface area (Å²) in [5.74, 6) is -0.821. The van der Waals surface area contributed by atoms with Crippen molar-refractivity contribution in [1.82, 2.24) is 0 Å². The molecule has 0 amide bonds. The van der Waals surface area contributed by atoms with Crippen LogP contribution in [0.5, 0.6) is 0 Å². The maximum Gasteiger partial charge on any atom is 0.339 e. The second kappa shape index (κ2) is 7.44. The zero-order valence-corrected chi connectivity index (χ0v) is 17.1. The molecule has 0 radical (unpaired) electrons. The number of rotatable bonds is 5. The Morgan fingerprint density at radius 3 is 2.59 bits per heavy atom. The van der Waals surface area contributed by atoms with Gasteiger partial charge < -0.3 is 4.74 Å². The lowest BCUT2D eigenvalue weighted by Gasteiger charge is -2.29. The summed E-state index contributed by atoms with van der Waals surface area (Å²) < 4.78 is 30.4. The van der Waals surface area contributed by atoms with E-state index in [0.717, 1.165) is 15.3 Å². The van der Waals surface area contributed by atoms with Crippen LogP contribution in [0.25, 0.3) is 0 Å². The first-order valence-corrected chi connectivity index (χ1v) is 11.2. The number of ketones is 1. The van der Waals surface area contributed by atoms with Crippen molar-refractivity contribution in [1.29, 1.82) is 0 Å². The number of benzene rings is 1. The predicted molar refractivity (Wildman–Crippen MR) is 105 cm³/mol. The van der Waals surface area contributed by atoms with E-state index >= 15 is 0 Å². The summed E-state index contributed by atoms with van der Waals surface area (Å²) in [4.78, 5) is 26.5. The van der Waals surface area contributed by atoms with Crippen molar-refractivity contribution in [2.45, 2.75) is 26.7 Å². The molecular formula is C19H21NO5S2. The Hall–Kier alpha value is -2.19. The predicted octanol–water partition coefficient (Wildman–Crippen LogP) is 3.12. The van der Waals surface area contributed by atoms with Crippen molar-refractivity contribution >= 4 is 38.8 Å². The van der Waals surface area contributed by atoms with E-state index < -0.39 is 16.0 Å². The average Bonchev–Trinajstić information content (AvgIpc) is 2.95. The molecule has 0 spiro atoms. The van der Waals surface area contributed by atoms with Gasteiger partial charge in [0.1, 0.15) is 0 Å². The normalized spacial score (nSPS) is 14.0.